The van der Waals surface area contributed by atoms with Crippen LogP contribution in [0.2, 0.25) is 0 Å². The van der Waals surface area contributed by atoms with E-state index in [0.29, 0.717) is 11.3 Å². The molecule has 0 heterocycles. The first-order valence-corrected chi connectivity index (χ1v) is 4.62. The zero-order valence-corrected chi connectivity index (χ0v) is 10.0. The molecular weight excluding hydrogens is 253 g/mol. The fraction of sp³-hybridized carbons (Fsp3) is 0.200. The second-order valence-electron chi connectivity index (χ2n) is 2.94. The van der Waals surface area contributed by atoms with Gasteiger partial charge in [-0.25, -0.2) is 0 Å². The van der Waals surface area contributed by atoms with Crippen molar-refractivity contribution in [3.05, 3.63) is 29.8 Å². The van der Waals surface area contributed by atoms with Gasteiger partial charge < -0.3 is 10.5 Å². The monoisotopic (exact) mass is 263 g/mol. The highest BCUT2D eigenvalue weighted by Crippen LogP contribution is 2.17. The van der Waals surface area contributed by atoms with E-state index >= 15 is 0 Å². The van der Waals surface area contributed by atoms with Gasteiger partial charge in [0.05, 0.1) is 0 Å². The molecule has 0 bridgehead atoms. The molecule has 1 aromatic carbocycles. The molecule has 0 aliphatic carbocycles. The van der Waals surface area contributed by atoms with Gasteiger partial charge in [-0.05, 0) is 29.3 Å². The fourth-order valence-electron chi connectivity index (χ4n) is 1.04. The molecule has 6 heteroatoms. The van der Waals surface area contributed by atoms with E-state index in [0.717, 1.165) is 0 Å². The van der Waals surface area contributed by atoms with Gasteiger partial charge in [-0.2, -0.15) is 0 Å². The summed E-state index contributed by atoms with van der Waals surface area (Å²) in [5.74, 6) is 0.000870. The summed E-state index contributed by atoms with van der Waals surface area (Å²) in [4.78, 5) is 21.4. The number of nitrogens with two attached hydrogens (primary N) is 1. The van der Waals surface area contributed by atoms with Gasteiger partial charge in [0, 0.05) is 6.92 Å². The number of ether oxygens (including phenoxy) is 1. The van der Waals surface area contributed by atoms with Crippen molar-refractivity contribution in [2.45, 2.75) is 13.0 Å². The van der Waals surface area contributed by atoms with Crippen molar-refractivity contribution in [3.8, 4) is 5.75 Å². The third-order valence-corrected chi connectivity index (χ3v) is 1.98. The molecule has 0 spiro atoms. The van der Waals surface area contributed by atoms with Gasteiger partial charge >= 0.3 is 5.97 Å². The van der Waals surface area contributed by atoms with E-state index in [1.165, 1.54) is 6.92 Å². The molecule has 0 aliphatic heterocycles. The smallest absolute Gasteiger partial charge is 0.308 e. The first-order valence-electron chi connectivity index (χ1n) is 4.24. The maximum absolute atomic E-state index is 10.8. The summed E-state index contributed by atoms with van der Waals surface area (Å²) in [5.41, 5.74) is 6.07. The lowest BCUT2D eigenvalue weighted by Crippen LogP contribution is -2.16. The molecule has 1 rings (SSSR count). The molecule has 1 aromatic rings. The van der Waals surface area contributed by atoms with Crippen LogP contribution in [0.5, 0.6) is 5.75 Å². The molecule has 88 valence electrons. The normalized spacial score (nSPS) is 11.2. The molecule has 0 saturated heterocycles. The van der Waals surface area contributed by atoms with Crippen LogP contribution in [0, 0.1) is 0 Å². The van der Waals surface area contributed by atoms with Crippen LogP contribution in [0.3, 0.4) is 0 Å². The highest BCUT2D eigenvalue weighted by Gasteiger charge is 2.12. The number of carbonyl (C=O) groups excluding carboxylic acids is 2. The molecule has 4 nitrogen and oxygen atoms in total. The summed E-state index contributed by atoms with van der Waals surface area (Å²) in [6.45, 7) is 1.31. The van der Waals surface area contributed by atoms with E-state index in [9.17, 15) is 9.59 Å². The average Bonchev–Trinajstić information content (AvgIpc) is 2.17. The Morgan fingerprint density at radius 2 is 1.81 bits per heavy atom. The van der Waals surface area contributed by atoms with Gasteiger partial charge in [0.2, 0.25) is 5.24 Å². The molecular formula is C10H11Cl2NO3. The second kappa shape index (κ2) is 6.48. The zero-order valence-electron chi connectivity index (χ0n) is 8.48. The molecule has 0 aliphatic rings. The Kier molecular flexibility index (Phi) is 6.03. The summed E-state index contributed by atoms with van der Waals surface area (Å²) in [5, 5.41) is -0.629. The number of rotatable bonds is 3. The van der Waals surface area contributed by atoms with Crippen molar-refractivity contribution in [3.63, 3.8) is 0 Å². The Morgan fingerprint density at radius 1 is 1.31 bits per heavy atom. The van der Waals surface area contributed by atoms with Crippen LogP contribution in [0.25, 0.3) is 0 Å². The summed E-state index contributed by atoms with van der Waals surface area (Å²) < 4.78 is 4.81. The molecule has 16 heavy (non-hydrogen) atoms. The Labute approximate surface area is 104 Å². The topological polar surface area (TPSA) is 69.4 Å². The highest BCUT2D eigenvalue weighted by molar-refractivity contribution is 6.64. The largest absolute Gasteiger partial charge is 0.427 e. The summed E-state index contributed by atoms with van der Waals surface area (Å²) in [6.07, 6.45) is 0. The minimum Gasteiger partial charge on any atom is -0.427 e. The van der Waals surface area contributed by atoms with E-state index in [1.807, 2.05) is 0 Å². The maximum atomic E-state index is 10.8. The lowest BCUT2D eigenvalue weighted by atomic mass is 10.1. The van der Waals surface area contributed by atoms with Gasteiger partial charge in [-0.15, -0.1) is 12.4 Å². The van der Waals surface area contributed by atoms with Crippen LogP contribution in [0.1, 0.15) is 18.5 Å². The van der Waals surface area contributed by atoms with Gasteiger partial charge in [0.25, 0.3) is 0 Å². The van der Waals surface area contributed by atoms with Crippen molar-refractivity contribution in [1.82, 2.24) is 0 Å². The number of benzene rings is 1. The maximum Gasteiger partial charge on any atom is 0.308 e. The van der Waals surface area contributed by atoms with E-state index in [-0.39, 0.29) is 12.4 Å². The number of carbonyl (C=O) groups is 2. The van der Waals surface area contributed by atoms with Crippen LogP contribution < -0.4 is 10.5 Å². The minimum absolute atomic E-state index is 0. The molecule has 0 aromatic heterocycles. The van der Waals surface area contributed by atoms with Crippen LogP contribution in [0.4, 0.5) is 0 Å². The average molecular weight is 264 g/mol. The summed E-state index contributed by atoms with van der Waals surface area (Å²) in [6, 6.07) is 5.43. The van der Waals surface area contributed by atoms with E-state index < -0.39 is 17.3 Å². The predicted octanol–water partition coefficient (Wildman–Crippen LogP) is 1.80. The van der Waals surface area contributed by atoms with Crippen LogP contribution in [0.15, 0.2) is 24.3 Å². The SMILES string of the molecule is CC(=O)Oc1ccc([C@@H](N)C(=O)Cl)cc1.Cl. The first kappa shape index (κ1) is 14.9. The number of hydrogen-bond acceptors (Lipinski definition) is 4. The van der Waals surface area contributed by atoms with Gasteiger partial charge in [0.15, 0.2) is 0 Å². The first-order chi connectivity index (χ1) is 7.00. The van der Waals surface area contributed by atoms with E-state index in [4.69, 9.17) is 22.1 Å². The Balaban J connectivity index is 0.00000225. The molecule has 0 fully saturated rings. The fourth-order valence-corrected chi connectivity index (χ4v) is 1.17. The van der Waals surface area contributed by atoms with Gasteiger partial charge in [-0.1, -0.05) is 12.1 Å². The Hall–Kier alpha value is -1.10. The summed E-state index contributed by atoms with van der Waals surface area (Å²) in [7, 11) is 0. The standard InChI is InChI=1S/C10H10ClNO3.ClH/c1-6(13)15-8-4-2-7(3-5-8)9(12)10(11)14;/h2-5,9H,12H2,1H3;1H/t9-;/m1./s1. The molecule has 0 amide bonds. The molecule has 0 radical (unpaired) electrons. The van der Waals surface area contributed by atoms with Crippen LogP contribution in [-0.2, 0) is 9.59 Å². The lowest BCUT2D eigenvalue weighted by molar-refractivity contribution is -0.131. The van der Waals surface area contributed by atoms with Crippen LogP contribution >= 0.6 is 24.0 Å². The van der Waals surface area contributed by atoms with E-state index in [2.05, 4.69) is 0 Å². The third-order valence-electron chi connectivity index (χ3n) is 1.75. The predicted molar refractivity (Wildman–Crippen MR) is 62.8 cm³/mol. The van der Waals surface area contributed by atoms with Crippen LogP contribution in [-0.4, -0.2) is 11.2 Å². The minimum atomic E-state index is -0.849. The van der Waals surface area contributed by atoms with Gasteiger partial charge in [0.1, 0.15) is 11.8 Å². The van der Waals surface area contributed by atoms with Crippen molar-refractivity contribution in [2.75, 3.05) is 0 Å². The molecule has 0 unspecified atom stereocenters. The Morgan fingerprint density at radius 3 is 2.19 bits per heavy atom. The molecule has 2 N–H and O–H groups in total. The van der Waals surface area contributed by atoms with Crippen molar-refractivity contribution in [2.24, 2.45) is 5.73 Å². The summed E-state index contributed by atoms with van der Waals surface area (Å²) >= 11 is 5.24. The number of halogens is 2. The molecule has 0 saturated carbocycles. The second-order valence-corrected chi connectivity index (χ2v) is 3.32. The molecule has 1 atom stereocenters. The Bertz CT molecular complexity index is 378. The quantitative estimate of drug-likeness (QED) is 0.513. The third kappa shape index (κ3) is 4.18. The zero-order chi connectivity index (χ0) is 11.4. The van der Waals surface area contributed by atoms with Gasteiger partial charge in [-0.3, -0.25) is 9.59 Å². The lowest BCUT2D eigenvalue weighted by Gasteiger charge is -2.07. The van der Waals surface area contributed by atoms with Crippen molar-refractivity contribution in [1.29, 1.82) is 0 Å². The van der Waals surface area contributed by atoms with Crippen molar-refractivity contribution >= 4 is 35.2 Å². The number of esters is 1. The highest BCUT2D eigenvalue weighted by atomic mass is 35.5. The number of hydrogen-bond donors (Lipinski definition) is 1. The van der Waals surface area contributed by atoms with E-state index in [1.54, 1.807) is 24.3 Å². The van der Waals surface area contributed by atoms with Crippen molar-refractivity contribution < 1.29 is 14.3 Å².